The van der Waals surface area contributed by atoms with Crippen LogP contribution in [0.2, 0.25) is 0 Å². The summed E-state index contributed by atoms with van der Waals surface area (Å²) in [7, 11) is 1.60. The third-order valence-corrected chi connectivity index (χ3v) is 7.87. The molecule has 6 nitrogen and oxygen atoms in total. The number of methoxy groups -OCH3 is 1. The van der Waals surface area contributed by atoms with Gasteiger partial charge in [-0.1, -0.05) is 41.5 Å². The van der Waals surface area contributed by atoms with Gasteiger partial charge in [-0.15, -0.1) is 0 Å². The molecule has 0 N–H and O–H groups in total. The number of carbonyl (C=O) groups is 3. The van der Waals surface area contributed by atoms with E-state index in [-0.39, 0.29) is 28.6 Å². The zero-order valence-electron chi connectivity index (χ0n) is 27.9. The molecule has 0 aliphatic carbocycles. The van der Waals surface area contributed by atoms with E-state index in [0.29, 0.717) is 28.4 Å². The summed E-state index contributed by atoms with van der Waals surface area (Å²) in [6.45, 7) is 23.6. The van der Waals surface area contributed by atoms with Crippen molar-refractivity contribution in [2.45, 2.75) is 107 Å². The average molecular weight is 579 g/mol. The summed E-state index contributed by atoms with van der Waals surface area (Å²) < 4.78 is 17.6. The van der Waals surface area contributed by atoms with Crippen LogP contribution in [-0.2, 0) is 20.4 Å². The summed E-state index contributed by atoms with van der Waals surface area (Å²) >= 11 is 0. The van der Waals surface area contributed by atoms with Gasteiger partial charge in [0.15, 0.2) is 5.78 Å². The van der Waals surface area contributed by atoms with Gasteiger partial charge in [-0.05, 0) is 108 Å². The second kappa shape index (κ2) is 12.8. The summed E-state index contributed by atoms with van der Waals surface area (Å²) in [6.07, 6.45) is 4.81. The molecule has 0 aromatic heterocycles. The van der Waals surface area contributed by atoms with Crippen molar-refractivity contribution in [3.05, 3.63) is 58.7 Å². The second-order valence-electron chi connectivity index (χ2n) is 14.2. The molecule has 0 saturated heterocycles. The van der Waals surface area contributed by atoms with E-state index in [1.807, 2.05) is 20.8 Å². The molecule has 2 aromatic carbocycles. The van der Waals surface area contributed by atoms with E-state index < -0.39 is 10.8 Å². The van der Waals surface area contributed by atoms with Crippen LogP contribution >= 0.6 is 0 Å². The Bertz CT molecular complexity index is 1330. The van der Waals surface area contributed by atoms with Crippen molar-refractivity contribution in [3.63, 3.8) is 0 Å². The zero-order chi connectivity index (χ0) is 32.3. The molecule has 0 amide bonds. The van der Waals surface area contributed by atoms with Crippen molar-refractivity contribution in [2.24, 2.45) is 10.8 Å². The minimum absolute atomic E-state index is 0.247. The lowest BCUT2D eigenvalue weighted by Gasteiger charge is -2.33. The number of esters is 2. The topological polar surface area (TPSA) is 78.9 Å². The molecule has 2 aromatic rings. The van der Waals surface area contributed by atoms with Gasteiger partial charge >= 0.3 is 11.9 Å². The molecule has 0 aliphatic heterocycles. The molecule has 42 heavy (non-hydrogen) atoms. The summed E-state index contributed by atoms with van der Waals surface area (Å²) in [6, 6.07) is 8.56. The molecule has 230 valence electrons. The van der Waals surface area contributed by atoms with Crippen LogP contribution in [-0.4, -0.2) is 24.8 Å². The number of hydrogen-bond acceptors (Lipinski definition) is 6. The Morgan fingerprint density at radius 3 is 1.57 bits per heavy atom. The van der Waals surface area contributed by atoms with Gasteiger partial charge in [-0.25, -0.2) is 0 Å². The third kappa shape index (κ3) is 8.11. The van der Waals surface area contributed by atoms with Crippen LogP contribution in [0.1, 0.15) is 123 Å². The minimum Gasteiger partial charge on any atom is -0.496 e. The lowest BCUT2D eigenvalue weighted by atomic mass is 9.74. The molecule has 0 radical (unpaired) electrons. The van der Waals surface area contributed by atoms with Gasteiger partial charge in [-0.3, -0.25) is 14.4 Å². The standard InChI is InChI=1S/C36H50O6/c1-14-35(9,10)26-22-27(36(11,12)15-2)30(42-32(39)34(6,7)8)25(29(26)40-13)20-21-28(37)23-16-18-24(19-17-23)41-31(38)33(3,4)5/h16-22H,14-15H2,1-13H3. The Labute approximate surface area is 252 Å². The van der Waals surface area contributed by atoms with Gasteiger partial charge in [0, 0.05) is 16.7 Å². The van der Waals surface area contributed by atoms with Crippen molar-refractivity contribution in [2.75, 3.05) is 7.11 Å². The molecule has 0 fully saturated rings. The highest BCUT2D eigenvalue weighted by atomic mass is 16.5. The van der Waals surface area contributed by atoms with Crippen molar-refractivity contribution >= 4 is 23.8 Å². The molecular weight excluding hydrogens is 528 g/mol. The Kier molecular flexibility index (Phi) is 10.6. The number of ether oxygens (including phenoxy) is 3. The predicted octanol–water partition coefficient (Wildman–Crippen LogP) is 8.87. The Morgan fingerprint density at radius 2 is 1.14 bits per heavy atom. The first-order valence-corrected chi connectivity index (χ1v) is 14.7. The second-order valence-corrected chi connectivity index (χ2v) is 14.2. The van der Waals surface area contributed by atoms with Crippen molar-refractivity contribution < 1.29 is 28.6 Å². The molecule has 0 spiro atoms. The van der Waals surface area contributed by atoms with Crippen LogP contribution in [0.15, 0.2) is 36.4 Å². The number of rotatable bonds is 10. The molecule has 0 bridgehead atoms. The quantitative estimate of drug-likeness (QED) is 0.121. The predicted molar refractivity (Wildman–Crippen MR) is 170 cm³/mol. The number of carbonyl (C=O) groups excluding carboxylic acids is 3. The van der Waals surface area contributed by atoms with Crippen LogP contribution in [0, 0.1) is 10.8 Å². The Morgan fingerprint density at radius 1 is 0.690 bits per heavy atom. The fourth-order valence-electron chi connectivity index (χ4n) is 3.98. The van der Waals surface area contributed by atoms with E-state index in [1.54, 1.807) is 58.2 Å². The Balaban J connectivity index is 2.73. The molecular formula is C36H50O6. The Hall–Kier alpha value is -3.41. The first-order valence-electron chi connectivity index (χ1n) is 14.7. The maximum atomic E-state index is 13.3. The number of benzene rings is 2. The molecule has 0 aliphatic rings. The first-order chi connectivity index (χ1) is 19.2. The number of allylic oxidation sites excluding steroid dienone is 1. The number of ketones is 1. The SMILES string of the molecule is CCC(C)(C)c1cc(C(C)(C)CC)c(OC(=O)C(C)(C)C)c(C=CC(=O)c2ccc(OC(=O)C(C)(C)C)cc2)c1OC. The fourth-order valence-corrected chi connectivity index (χ4v) is 3.98. The van der Waals surface area contributed by atoms with Crippen LogP contribution in [0.3, 0.4) is 0 Å². The van der Waals surface area contributed by atoms with Crippen molar-refractivity contribution in [1.82, 2.24) is 0 Å². The summed E-state index contributed by atoms with van der Waals surface area (Å²) in [5, 5.41) is 0. The lowest BCUT2D eigenvalue weighted by molar-refractivity contribution is -0.143. The van der Waals surface area contributed by atoms with Gasteiger partial charge in [-0.2, -0.15) is 0 Å². The van der Waals surface area contributed by atoms with E-state index in [0.717, 1.165) is 24.0 Å². The number of hydrogen-bond donors (Lipinski definition) is 0. The first kappa shape index (κ1) is 34.8. The monoisotopic (exact) mass is 578 g/mol. The minimum atomic E-state index is -0.739. The summed E-state index contributed by atoms with van der Waals surface area (Å²) in [5.74, 6) is 0.364. The van der Waals surface area contributed by atoms with Gasteiger partial charge in [0.05, 0.1) is 23.5 Å². The summed E-state index contributed by atoms with van der Waals surface area (Å²) in [4.78, 5) is 38.8. The maximum Gasteiger partial charge on any atom is 0.316 e. The average Bonchev–Trinajstić information content (AvgIpc) is 2.90. The molecule has 0 saturated carbocycles. The van der Waals surface area contributed by atoms with E-state index in [1.165, 1.54) is 6.08 Å². The van der Waals surface area contributed by atoms with E-state index in [4.69, 9.17) is 14.2 Å². The summed E-state index contributed by atoms with van der Waals surface area (Å²) in [5.41, 5.74) is 0.888. The van der Waals surface area contributed by atoms with Gasteiger partial charge < -0.3 is 14.2 Å². The largest absolute Gasteiger partial charge is 0.496 e. The van der Waals surface area contributed by atoms with Crippen molar-refractivity contribution in [1.29, 1.82) is 0 Å². The highest BCUT2D eigenvalue weighted by Gasteiger charge is 2.35. The van der Waals surface area contributed by atoms with Crippen LogP contribution in [0.5, 0.6) is 17.2 Å². The highest BCUT2D eigenvalue weighted by molar-refractivity contribution is 6.07. The molecule has 2 rings (SSSR count). The molecule has 0 atom stereocenters. The van der Waals surface area contributed by atoms with Gasteiger partial charge in [0.1, 0.15) is 17.2 Å². The maximum absolute atomic E-state index is 13.3. The van der Waals surface area contributed by atoms with Crippen LogP contribution in [0.4, 0.5) is 0 Å². The fraction of sp³-hybridized carbons (Fsp3) is 0.528. The van der Waals surface area contributed by atoms with Gasteiger partial charge in [0.25, 0.3) is 0 Å². The van der Waals surface area contributed by atoms with Crippen molar-refractivity contribution in [3.8, 4) is 17.2 Å². The normalized spacial score (nSPS) is 12.8. The molecule has 0 heterocycles. The van der Waals surface area contributed by atoms with E-state index in [9.17, 15) is 14.4 Å². The highest BCUT2D eigenvalue weighted by Crippen LogP contribution is 2.48. The smallest absolute Gasteiger partial charge is 0.316 e. The van der Waals surface area contributed by atoms with E-state index >= 15 is 0 Å². The molecule has 6 heteroatoms. The zero-order valence-corrected chi connectivity index (χ0v) is 27.9. The van der Waals surface area contributed by atoms with E-state index in [2.05, 4.69) is 47.6 Å². The third-order valence-electron chi connectivity index (χ3n) is 7.87. The van der Waals surface area contributed by atoms with Crippen LogP contribution in [0.25, 0.3) is 6.08 Å². The molecule has 0 unspecified atom stereocenters. The van der Waals surface area contributed by atoms with Crippen LogP contribution < -0.4 is 14.2 Å². The van der Waals surface area contributed by atoms with Gasteiger partial charge in [0.2, 0.25) is 0 Å². The lowest BCUT2D eigenvalue weighted by Crippen LogP contribution is -2.29.